The number of unbranched alkanes of at least 4 members (excludes halogenated alkanes) is 2. The molecule has 30 heavy (non-hydrogen) atoms. The molecule has 9 heteroatoms. The molecule has 0 saturated carbocycles. The largest absolute Gasteiger partial charge is 0.300 e. The van der Waals surface area contributed by atoms with Crippen molar-refractivity contribution in [2.24, 2.45) is 5.92 Å². The standard InChI is InChI=1S/C21H30N4O3S2/c1-4-5-6-7-19-23-24-21(29-19)22-20(26)17-10-12-25(13-11-17)30(27,28)18-9-8-15(2)16(3)14-18/h8-9,14,17H,4-7,10-13H2,1-3H3,(H,22,24,26). The average molecular weight is 451 g/mol. The van der Waals surface area contributed by atoms with Crippen molar-refractivity contribution in [3.8, 4) is 0 Å². The lowest BCUT2D eigenvalue weighted by molar-refractivity contribution is -0.120. The van der Waals surface area contributed by atoms with E-state index in [0.29, 0.717) is 36.0 Å². The van der Waals surface area contributed by atoms with Gasteiger partial charge in [0, 0.05) is 25.4 Å². The number of sulfonamides is 1. The van der Waals surface area contributed by atoms with Gasteiger partial charge in [0.1, 0.15) is 5.01 Å². The van der Waals surface area contributed by atoms with E-state index < -0.39 is 10.0 Å². The first kappa shape index (κ1) is 22.8. The Morgan fingerprint density at radius 3 is 2.57 bits per heavy atom. The molecule has 7 nitrogen and oxygen atoms in total. The van der Waals surface area contributed by atoms with Crippen molar-refractivity contribution >= 4 is 32.4 Å². The molecule has 0 spiro atoms. The van der Waals surface area contributed by atoms with E-state index in [1.165, 1.54) is 15.6 Å². The highest BCUT2D eigenvalue weighted by molar-refractivity contribution is 7.89. The Kier molecular flexibility index (Phi) is 7.60. The van der Waals surface area contributed by atoms with Crippen LogP contribution in [-0.2, 0) is 21.2 Å². The van der Waals surface area contributed by atoms with Gasteiger partial charge >= 0.3 is 0 Å². The SMILES string of the molecule is CCCCCc1nnc(NC(=O)C2CCN(S(=O)(=O)c3ccc(C)c(C)c3)CC2)s1. The van der Waals surface area contributed by atoms with Crippen LogP contribution in [0, 0.1) is 19.8 Å². The minimum Gasteiger partial charge on any atom is -0.300 e. The van der Waals surface area contributed by atoms with Crippen LogP contribution in [0.3, 0.4) is 0 Å². The second-order valence-corrected chi connectivity index (χ2v) is 10.9. The zero-order valence-corrected chi connectivity index (χ0v) is 19.5. The summed E-state index contributed by atoms with van der Waals surface area (Å²) in [6, 6.07) is 5.21. The molecular formula is C21H30N4O3S2. The van der Waals surface area contributed by atoms with Crippen LogP contribution in [0.25, 0.3) is 0 Å². The van der Waals surface area contributed by atoms with E-state index in [1.54, 1.807) is 12.1 Å². The fraction of sp³-hybridized carbons (Fsp3) is 0.571. The van der Waals surface area contributed by atoms with Crippen molar-refractivity contribution in [1.29, 1.82) is 0 Å². The van der Waals surface area contributed by atoms with Gasteiger partial charge in [0.2, 0.25) is 21.1 Å². The molecule has 0 atom stereocenters. The van der Waals surface area contributed by atoms with Crippen LogP contribution in [-0.4, -0.2) is 41.9 Å². The van der Waals surface area contributed by atoms with Crippen molar-refractivity contribution < 1.29 is 13.2 Å². The molecule has 1 aromatic carbocycles. The van der Waals surface area contributed by atoms with Crippen molar-refractivity contribution in [3.63, 3.8) is 0 Å². The summed E-state index contributed by atoms with van der Waals surface area (Å²) in [6.45, 7) is 6.71. The van der Waals surface area contributed by atoms with Crippen molar-refractivity contribution in [2.45, 2.75) is 64.2 Å². The Hall–Kier alpha value is -1.84. The van der Waals surface area contributed by atoms with Gasteiger partial charge in [-0.05, 0) is 56.4 Å². The highest BCUT2D eigenvalue weighted by Crippen LogP contribution is 2.26. The van der Waals surface area contributed by atoms with Gasteiger partial charge < -0.3 is 5.32 Å². The molecule has 1 aliphatic rings. The van der Waals surface area contributed by atoms with E-state index in [4.69, 9.17) is 0 Å². The number of amides is 1. The van der Waals surface area contributed by atoms with Gasteiger partial charge in [-0.3, -0.25) is 4.79 Å². The highest BCUT2D eigenvalue weighted by atomic mass is 32.2. The average Bonchev–Trinajstić information content (AvgIpc) is 3.17. The van der Waals surface area contributed by atoms with Crippen LogP contribution < -0.4 is 5.32 Å². The number of aryl methyl sites for hydroxylation is 3. The third kappa shape index (κ3) is 5.44. The summed E-state index contributed by atoms with van der Waals surface area (Å²) >= 11 is 1.42. The molecule has 1 aromatic heterocycles. The van der Waals surface area contributed by atoms with Crippen LogP contribution >= 0.6 is 11.3 Å². The second kappa shape index (κ2) is 9.98. The second-order valence-electron chi connectivity index (χ2n) is 7.87. The summed E-state index contributed by atoms with van der Waals surface area (Å²) in [4.78, 5) is 12.9. The van der Waals surface area contributed by atoms with Gasteiger partial charge in [-0.2, -0.15) is 4.31 Å². The molecule has 0 bridgehead atoms. The smallest absolute Gasteiger partial charge is 0.243 e. The number of piperidine rings is 1. The molecule has 1 aliphatic heterocycles. The van der Waals surface area contributed by atoms with Crippen molar-refractivity contribution in [1.82, 2.24) is 14.5 Å². The van der Waals surface area contributed by atoms with E-state index in [0.717, 1.165) is 41.8 Å². The molecule has 1 saturated heterocycles. The number of benzene rings is 1. The van der Waals surface area contributed by atoms with Crippen LogP contribution in [0.1, 0.15) is 55.2 Å². The Morgan fingerprint density at radius 1 is 1.17 bits per heavy atom. The summed E-state index contributed by atoms with van der Waals surface area (Å²) in [5, 5.41) is 12.5. The molecule has 164 valence electrons. The van der Waals surface area contributed by atoms with E-state index in [2.05, 4.69) is 22.4 Å². The van der Waals surface area contributed by atoms with Crippen LogP contribution in [0.15, 0.2) is 23.1 Å². The predicted molar refractivity (Wildman–Crippen MR) is 119 cm³/mol. The molecule has 0 aliphatic carbocycles. The van der Waals surface area contributed by atoms with Crippen LogP contribution in [0.4, 0.5) is 5.13 Å². The minimum atomic E-state index is -3.54. The number of carbonyl (C=O) groups excluding carboxylic acids is 1. The monoisotopic (exact) mass is 450 g/mol. The predicted octanol–water partition coefficient (Wildman–Crippen LogP) is 3.93. The Labute approximate surface area is 183 Å². The quantitative estimate of drug-likeness (QED) is 0.615. The summed E-state index contributed by atoms with van der Waals surface area (Å²) in [6.07, 6.45) is 5.27. The summed E-state index contributed by atoms with van der Waals surface area (Å²) in [5.41, 5.74) is 2.02. The molecule has 1 amide bonds. The maximum absolute atomic E-state index is 12.9. The lowest BCUT2D eigenvalue weighted by Crippen LogP contribution is -2.41. The van der Waals surface area contributed by atoms with E-state index >= 15 is 0 Å². The molecular weight excluding hydrogens is 420 g/mol. The Balaban J connectivity index is 1.54. The highest BCUT2D eigenvalue weighted by Gasteiger charge is 2.32. The van der Waals surface area contributed by atoms with Crippen LogP contribution in [0.2, 0.25) is 0 Å². The van der Waals surface area contributed by atoms with E-state index in [-0.39, 0.29) is 11.8 Å². The van der Waals surface area contributed by atoms with Gasteiger partial charge in [0.25, 0.3) is 0 Å². The molecule has 0 radical (unpaired) electrons. The number of hydrogen-bond acceptors (Lipinski definition) is 6. The zero-order valence-electron chi connectivity index (χ0n) is 17.8. The van der Waals surface area contributed by atoms with E-state index in [9.17, 15) is 13.2 Å². The van der Waals surface area contributed by atoms with E-state index in [1.807, 2.05) is 19.9 Å². The first-order valence-corrected chi connectivity index (χ1v) is 12.8. The first-order chi connectivity index (χ1) is 14.3. The van der Waals surface area contributed by atoms with Crippen molar-refractivity contribution in [2.75, 3.05) is 18.4 Å². The van der Waals surface area contributed by atoms with Gasteiger partial charge in [-0.1, -0.05) is 37.2 Å². The summed E-state index contributed by atoms with van der Waals surface area (Å²) in [5.74, 6) is -0.321. The van der Waals surface area contributed by atoms with Gasteiger partial charge in [0.05, 0.1) is 4.90 Å². The molecule has 1 fully saturated rings. The maximum atomic E-state index is 12.9. The third-order valence-corrected chi connectivity index (χ3v) is 8.43. The van der Waals surface area contributed by atoms with Gasteiger partial charge in [0.15, 0.2) is 0 Å². The fourth-order valence-electron chi connectivity index (χ4n) is 3.52. The topological polar surface area (TPSA) is 92.3 Å². The number of anilines is 1. The van der Waals surface area contributed by atoms with Gasteiger partial charge in [-0.15, -0.1) is 10.2 Å². The lowest BCUT2D eigenvalue weighted by Gasteiger charge is -2.30. The number of aromatic nitrogens is 2. The number of rotatable bonds is 8. The zero-order chi connectivity index (χ0) is 21.7. The molecule has 3 rings (SSSR count). The summed E-state index contributed by atoms with van der Waals surface area (Å²) in [7, 11) is -3.54. The normalized spacial score (nSPS) is 16.0. The molecule has 2 heterocycles. The van der Waals surface area contributed by atoms with Gasteiger partial charge in [-0.25, -0.2) is 8.42 Å². The minimum absolute atomic E-state index is 0.102. The Bertz CT molecular complexity index is 980. The number of nitrogens with zero attached hydrogens (tertiary/aromatic N) is 3. The molecule has 0 unspecified atom stereocenters. The van der Waals surface area contributed by atoms with Crippen molar-refractivity contribution in [3.05, 3.63) is 34.3 Å². The number of nitrogens with one attached hydrogen (secondary N) is 1. The molecule has 1 N–H and O–H groups in total. The third-order valence-electron chi connectivity index (χ3n) is 5.63. The fourth-order valence-corrected chi connectivity index (χ4v) is 5.86. The number of hydrogen-bond donors (Lipinski definition) is 1. The number of carbonyl (C=O) groups is 1. The Morgan fingerprint density at radius 2 is 1.90 bits per heavy atom. The molecule has 2 aromatic rings. The maximum Gasteiger partial charge on any atom is 0.243 e. The summed E-state index contributed by atoms with van der Waals surface area (Å²) < 4.78 is 27.4. The first-order valence-electron chi connectivity index (χ1n) is 10.5. The lowest BCUT2D eigenvalue weighted by atomic mass is 9.97. The van der Waals surface area contributed by atoms with Crippen LogP contribution in [0.5, 0.6) is 0 Å².